The number of nitrogens with one attached hydrogen (secondary N) is 1. The van der Waals surface area contributed by atoms with E-state index in [0.717, 1.165) is 26.6 Å². The van der Waals surface area contributed by atoms with Crippen LogP contribution in [0.4, 0.5) is 4.39 Å². The van der Waals surface area contributed by atoms with E-state index in [-0.39, 0.29) is 11.9 Å². The van der Waals surface area contributed by atoms with Gasteiger partial charge < -0.3 is 5.32 Å². The van der Waals surface area contributed by atoms with E-state index in [1.165, 1.54) is 6.07 Å². The van der Waals surface area contributed by atoms with Crippen molar-refractivity contribution in [2.24, 2.45) is 0 Å². The van der Waals surface area contributed by atoms with Gasteiger partial charge in [-0.25, -0.2) is 4.39 Å². The van der Waals surface area contributed by atoms with Crippen LogP contribution in [0.1, 0.15) is 24.1 Å². The average molecular weight is 436 g/mol. The molecule has 0 spiro atoms. The molecule has 0 radical (unpaired) electrons. The first kappa shape index (κ1) is 16.9. The van der Waals surface area contributed by atoms with Crippen molar-refractivity contribution in [2.75, 3.05) is 6.54 Å². The fourth-order valence-electron chi connectivity index (χ4n) is 2.25. The van der Waals surface area contributed by atoms with Crippen LogP contribution in [0.5, 0.6) is 0 Å². The zero-order chi connectivity index (χ0) is 15.4. The second-order valence-electron chi connectivity index (χ2n) is 4.77. The standard InChI is InChI=1S/C16H15Br2ClFN/c1-2-21-16(11-3-4-15(19)14(18)8-11)7-10-5-12(17)9-13(20)6-10/h3-6,8-9,16,21H,2,7H2,1H3. The van der Waals surface area contributed by atoms with Gasteiger partial charge in [0.1, 0.15) is 5.82 Å². The molecule has 0 heterocycles. The molecule has 21 heavy (non-hydrogen) atoms. The van der Waals surface area contributed by atoms with Crippen molar-refractivity contribution >= 4 is 43.5 Å². The number of benzene rings is 2. The maximum Gasteiger partial charge on any atom is 0.124 e. The molecule has 0 aliphatic heterocycles. The van der Waals surface area contributed by atoms with Gasteiger partial charge in [-0.2, -0.15) is 0 Å². The highest BCUT2D eigenvalue weighted by atomic mass is 79.9. The summed E-state index contributed by atoms with van der Waals surface area (Å²) in [5.74, 6) is -0.230. The molecule has 0 bridgehead atoms. The van der Waals surface area contributed by atoms with Crippen LogP contribution in [0.3, 0.4) is 0 Å². The van der Waals surface area contributed by atoms with Gasteiger partial charge in [0.05, 0.1) is 5.02 Å². The molecule has 2 rings (SSSR count). The summed E-state index contributed by atoms with van der Waals surface area (Å²) in [6.45, 7) is 2.89. The number of likely N-dealkylation sites (N-methyl/N-ethyl adjacent to an activating group) is 1. The van der Waals surface area contributed by atoms with Crippen LogP contribution >= 0.6 is 43.5 Å². The van der Waals surface area contributed by atoms with Gasteiger partial charge in [-0.1, -0.05) is 40.5 Å². The third-order valence-corrected chi connectivity index (χ3v) is 4.83. The van der Waals surface area contributed by atoms with Crippen LogP contribution in [0.2, 0.25) is 5.02 Å². The molecule has 0 fully saturated rings. The normalized spacial score (nSPS) is 12.4. The second-order valence-corrected chi connectivity index (χ2v) is 6.94. The summed E-state index contributed by atoms with van der Waals surface area (Å²) in [6.07, 6.45) is 0.707. The molecule has 0 saturated carbocycles. The summed E-state index contributed by atoms with van der Waals surface area (Å²) in [5.41, 5.74) is 2.06. The Morgan fingerprint density at radius 1 is 1.19 bits per heavy atom. The minimum atomic E-state index is -0.230. The topological polar surface area (TPSA) is 12.0 Å². The van der Waals surface area contributed by atoms with Gasteiger partial charge >= 0.3 is 0 Å². The van der Waals surface area contributed by atoms with Crippen LogP contribution in [-0.2, 0) is 6.42 Å². The lowest BCUT2D eigenvalue weighted by molar-refractivity contribution is 0.546. The van der Waals surface area contributed by atoms with Crippen LogP contribution in [-0.4, -0.2) is 6.54 Å². The largest absolute Gasteiger partial charge is 0.310 e. The van der Waals surface area contributed by atoms with Crippen molar-refractivity contribution in [1.29, 1.82) is 0 Å². The summed E-state index contributed by atoms with van der Waals surface area (Å²) in [7, 11) is 0. The van der Waals surface area contributed by atoms with Crippen LogP contribution in [0.25, 0.3) is 0 Å². The quantitative estimate of drug-likeness (QED) is 0.617. The molecule has 1 nitrogen and oxygen atoms in total. The molecule has 2 aromatic rings. The van der Waals surface area contributed by atoms with E-state index in [1.807, 2.05) is 24.3 Å². The predicted octanol–water partition coefficient (Wildman–Crippen LogP) is 5.90. The summed E-state index contributed by atoms with van der Waals surface area (Å²) < 4.78 is 15.1. The maximum atomic E-state index is 13.5. The van der Waals surface area contributed by atoms with Crippen molar-refractivity contribution in [3.05, 3.63) is 67.3 Å². The molecule has 1 atom stereocenters. The SMILES string of the molecule is CCNC(Cc1cc(F)cc(Br)c1)c1ccc(Cl)c(Br)c1. The number of rotatable bonds is 5. The van der Waals surface area contributed by atoms with Crippen molar-refractivity contribution in [3.63, 3.8) is 0 Å². The molecule has 0 saturated heterocycles. The minimum Gasteiger partial charge on any atom is -0.310 e. The Morgan fingerprint density at radius 3 is 2.57 bits per heavy atom. The molecule has 1 N–H and O–H groups in total. The number of hydrogen-bond donors (Lipinski definition) is 1. The van der Waals surface area contributed by atoms with Gasteiger partial charge in [-0.15, -0.1) is 0 Å². The fourth-order valence-corrected chi connectivity index (χ4v) is 3.27. The molecular formula is C16H15Br2ClFN. The number of hydrogen-bond acceptors (Lipinski definition) is 1. The molecule has 5 heteroatoms. The summed E-state index contributed by atoms with van der Waals surface area (Å²) >= 11 is 12.8. The van der Waals surface area contributed by atoms with Gasteiger partial charge in [0, 0.05) is 15.0 Å². The number of halogens is 4. The lowest BCUT2D eigenvalue weighted by atomic mass is 9.99. The van der Waals surface area contributed by atoms with Gasteiger partial charge in [0.2, 0.25) is 0 Å². The Balaban J connectivity index is 2.27. The van der Waals surface area contributed by atoms with Crippen LogP contribution in [0, 0.1) is 5.82 Å². The summed E-state index contributed by atoms with van der Waals surface area (Å²) in [5, 5.41) is 4.11. The first-order chi connectivity index (χ1) is 9.99. The van der Waals surface area contributed by atoms with Crippen molar-refractivity contribution in [3.8, 4) is 0 Å². The first-order valence-corrected chi connectivity index (χ1v) is 8.59. The highest BCUT2D eigenvalue weighted by molar-refractivity contribution is 9.10. The third kappa shape index (κ3) is 4.78. The first-order valence-electron chi connectivity index (χ1n) is 6.63. The van der Waals surface area contributed by atoms with E-state index in [1.54, 1.807) is 6.07 Å². The smallest absolute Gasteiger partial charge is 0.124 e. The predicted molar refractivity (Wildman–Crippen MR) is 93.4 cm³/mol. The zero-order valence-electron chi connectivity index (χ0n) is 11.5. The van der Waals surface area contributed by atoms with Crippen molar-refractivity contribution in [2.45, 2.75) is 19.4 Å². The average Bonchev–Trinajstić information content (AvgIpc) is 2.40. The zero-order valence-corrected chi connectivity index (χ0v) is 15.4. The second kappa shape index (κ2) is 7.73. The van der Waals surface area contributed by atoms with Crippen LogP contribution < -0.4 is 5.32 Å². The molecule has 112 valence electrons. The highest BCUT2D eigenvalue weighted by Crippen LogP contribution is 2.28. The Bertz CT molecular complexity index is 613. The lowest BCUT2D eigenvalue weighted by Gasteiger charge is -2.19. The van der Waals surface area contributed by atoms with Gasteiger partial charge in [-0.05, 0) is 70.4 Å². The molecule has 0 aliphatic rings. The maximum absolute atomic E-state index is 13.5. The van der Waals surface area contributed by atoms with E-state index in [9.17, 15) is 4.39 Å². The molecule has 0 amide bonds. The van der Waals surface area contributed by atoms with Crippen molar-refractivity contribution in [1.82, 2.24) is 5.32 Å². The molecular weight excluding hydrogens is 420 g/mol. The van der Waals surface area contributed by atoms with E-state index in [0.29, 0.717) is 11.4 Å². The summed E-state index contributed by atoms with van der Waals surface area (Å²) in [6, 6.07) is 11.0. The Labute approximate surface area is 146 Å². The van der Waals surface area contributed by atoms with E-state index in [4.69, 9.17) is 11.6 Å². The van der Waals surface area contributed by atoms with Gasteiger partial charge in [0.25, 0.3) is 0 Å². The van der Waals surface area contributed by atoms with E-state index >= 15 is 0 Å². The lowest BCUT2D eigenvalue weighted by Crippen LogP contribution is -2.23. The fraction of sp³-hybridized carbons (Fsp3) is 0.250. The Morgan fingerprint density at radius 2 is 1.95 bits per heavy atom. The van der Waals surface area contributed by atoms with Crippen molar-refractivity contribution < 1.29 is 4.39 Å². The minimum absolute atomic E-state index is 0.109. The molecule has 1 unspecified atom stereocenters. The third-order valence-electron chi connectivity index (χ3n) is 3.16. The van der Waals surface area contributed by atoms with E-state index < -0.39 is 0 Å². The van der Waals surface area contributed by atoms with E-state index in [2.05, 4.69) is 44.1 Å². The van der Waals surface area contributed by atoms with Crippen LogP contribution in [0.15, 0.2) is 45.3 Å². The monoisotopic (exact) mass is 433 g/mol. The molecule has 0 aromatic heterocycles. The molecule has 2 aromatic carbocycles. The van der Waals surface area contributed by atoms with Gasteiger partial charge in [-0.3, -0.25) is 0 Å². The summed E-state index contributed by atoms with van der Waals surface area (Å²) in [4.78, 5) is 0. The van der Waals surface area contributed by atoms with Gasteiger partial charge in [0.15, 0.2) is 0 Å². The highest BCUT2D eigenvalue weighted by Gasteiger charge is 2.13. The Hall–Kier alpha value is -0.420. The Kier molecular flexibility index (Phi) is 6.23. The molecule has 0 aliphatic carbocycles.